The molecule has 4 fully saturated rings. The number of nitrogens with one attached hydrogen (secondary N) is 4. The van der Waals surface area contributed by atoms with Gasteiger partial charge in [0.2, 0.25) is 23.8 Å². The Labute approximate surface area is 689 Å². The van der Waals surface area contributed by atoms with Gasteiger partial charge in [-0.15, -0.1) is 6.42 Å². The molecule has 0 aliphatic carbocycles. The topological polar surface area (TPSA) is 445 Å². The Morgan fingerprint density at radius 2 is 0.756 bits per heavy atom. The number of nitrogens with zero attached hydrogens (tertiary/aromatic N) is 21. The highest BCUT2D eigenvalue weighted by Gasteiger charge is 2.41. The van der Waals surface area contributed by atoms with Crippen LogP contribution in [-0.2, 0) is 73.0 Å². The molecule has 0 saturated carbocycles. The maximum Gasteiger partial charge on any atom is 0.490 e. The molecule has 0 bridgehead atoms. The first-order valence-electron chi connectivity index (χ1n) is 37.2. The average molecular weight is 1740 g/mol. The lowest BCUT2D eigenvalue weighted by Gasteiger charge is -2.28. The Hall–Kier alpha value is -13.6. The van der Waals surface area contributed by atoms with Crippen LogP contribution in [0, 0.1) is 23.7 Å². The molecule has 0 atom stereocenters. The van der Waals surface area contributed by atoms with Crippen LogP contribution in [-0.4, -0.2) is 251 Å². The third-order valence-corrected chi connectivity index (χ3v) is 17.9. The van der Waals surface area contributed by atoms with Crippen molar-refractivity contribution < 1.29 is 92.3 Å². The fourth-order valence-corrected chi connectivity index (χ4v) is 12.0. The monoisotopic (exact) mass is 1740 g/mol. The fraction of sp³-hybridized carbons (Fsp3) is 0.419. The first-order valence-corrected chi connectivity index (χ1v) is 37.2. The molecule has 662 valence electrons. The fourth-order valence-electron chi connectivity index (χ4n) is 12.0. The molecule has 8 aromatic heterocycles. The van der Waals surface area contributed by atoms with Crippen molar-refractivity contribution in [3.63, 3.8) is 0 Å². The third kappa shape index (κ3) is 26.5. The van der Waals surface area contributed by atoms with E-state index >= 15 is 0 Å². The molecule has 0 amide bonds. The van der Waals surface area contributed by atoms with E-state index in [4.69, 9.17) is 51.0 Å². The second kappa shape index (κ2) is 44.1. The Kier molecular flexibility index (Phi) is 34.6. The van der Waals surface area contributed by atoms with Crippen LogP contribution >= 0.6 is 0 Å². The minimum Gasteiger partial charge on any atom is -0.475 e. The number of hydrogen-bond acceptors (Lipinski definition) is 25. The Morgan fingerprint density at radius 3 is 1.09 bits per heavy atom. The number of allylic oxidation sites excluding steroid dienone is 4. The number of halogens is 12. The van der Waals surface area contributed by atoms with Gasteiger partial charge in [0.1, 0.15) is 44.1 Å². The molecule has 14 rings (SSSR count). The number of fused-ring (bicyclic) bond motifs is 4. The molecule has 10 aromatic rings. The molecule has 12 heterocycles. The predicted octanol–water partition coefficient (Wildman–Crippen LogP) is 4.30. The summed E-state index contributed by atoms with van der Waals surface area (Å²) in [5.41, 5.74) is 6.64. The third-order valence-electron chi connectivity index (χ3n) is 17.9. The van der Waals surface area contributed by atoms with E-state index < -0.39 is 48.6 Å². The van der Waals surface area contributed by atoms with E-state index in [0.29, 0.717) is 75.9 Å². The summed E-state index contributed by atoms with van der Waals surface area (Å²) in [6.07, 6.45) is 0.900. The second-order valence-corrected chi connectivity index (χ2v) is 26.4. The molecule has 4 aliphatic rings. The number of aliphatic carboxylic acids is 4. The first-order chi connectivity index (χ1) is 58.2. The van der Waals surface area contributed by atoms with Gasteiger partial charge in [0.15, 0.2) is 0 Å². The van der Waals surface area contributed by atoms with Crippen LogP contribution in [0.5, 0.6) is 0 Å². The number of rotatable bonds is 14. The van der Waals surface area contributed by atoms with Gasteiger partial charge in [0.05, 0.1) is 56.1 Å². The van der Waals surface area contributed by atoms with E-state index in [1.165, 1.54) is 18.7 Å². The Balaban J connectivity index is 0.000000206. The maximum atomic E-state index is 13.6. The number of aryl methyl sites for hydroxylation is 3. The van der Waals surface area contributed by atoms with Crippen molar-refractivity contribution in [2.24, 2.45) is 21.1 Å². The van der Waals surface area contributed by atoms with E-state index in [1.54, 1.807) is 52.0 Å². The zero-order valence-electron chi connectivity index (χ0n) is 66.4. The van der Waals surface area contributed by atoms with E-state index in [0.717, 1.165) is 146 Å². The lowest BCUT2D eigenvalue weighted by molar-refractivity contribution is -0.193. The normalized spacial score (nSPS) is 14.3. The van der Waals surface area contributed by atoms with Gasteiger partial charge in [-0.05, 0) is 30.5 Å². The van der Waals surface area contributed by atoms with Crippen LogP contribution in [0.2, 0.25) is 0 Å². The number of alkyl halides is 12. The average Bonchev–Trinajstić information content (AvgIpc) is 1.63. The minimum absolute atomic E-state index is 0.101. The highest BCUT2D eigenvalue weighted by atomic mass is 19.4. The summed E-state index contributed by atoms with van der Waals surface area (Å²) >= 11 is 0. The van der Waals surface area contributed by atoms with Gasteiger partial charge in [0, 0.05) is 139 Å². The molecule has 0 radical (unpaired) electrons. The first kappa shape index (κ1) is 96.6. The van der Waals surface area contributed by atoms with Gasteiger partial charge in [0.25, 0.3) is 22.2 Å². The molecule has 4 saturated heterocycles. The molecule has 37 nitrogen and oxygen atoms in total. The summed E-state index contributed by atoms with van der Waals surface area (Å²) in [7, 11) is 4.96. The van der Waals surface area contributed by atoms with Crippen molar-refractivity contribution >= 4 is 91.8 Å². The lowest BCUT2D eigenvalue weighted by Crippen LogP contribution is -2.44. The molecule has 2 aromatic carbocycles. The number of hydrogen-bond donors (Lipinski definition) is 8. The number of aromatic nitrogens is 16. The lowest BCUT2D eigenvalue weighted by atomic mass is 10.1. The van der Waals surface area contributed by atoms with E-state index in [-0.39, 0.29) is 28.8 Å². The highest BCUT2D eigenvalue weighted by Crippen LogP contribution is 2.27. The van der Waals surface area contributed by atoms with E-state index in [1.807, 2.05) is 73.7 Å². The summed E-state index contributed by atoms with van der Waals surface area (Å²) < 4.78 is 140. The van der Waals surface area contributed by atoms with Crippen LogP contribution < -0.4 is 63.1 Å². The van der Waals surface area contributed by atoms with Crippen molar-refractivity contribution in [2.45, 2.75) is 77.7 Å². The van der Waals surface area contributed by atoms with Gasteiger partial charge in [-0.3, -0.25) is 23.7 Å². The minimum atomic E-state index is -5.08. The number of terminal acetylenes is 1. The van der Waals surface area contributed by atoms with Crippen molar-refractivity contribution in [3.05, 3.63) is 162 Å². The zero-order valence-corrected chi connectivity index (χ0v) is 66.4. The van der Waals surface area contributed by atoms with Gasteiger partial charge >= 0.3 is 48.6 Å². The number of carbonyl (C=O) groups is 4. The number of anilines is 4. The van der Waals surface area contributed by atoms with Crippen molar-refractivity contribution in [2.75, 3.05) is 124 Å². The molecule has 0 unspecified atom stereocenters. The van der Waals surface area contributed by atoms with Crippen LogP contribution in [0.4, 0.5) is 76.5 Å². The van der Waals surface area contributed by atoms with Crippen LogP contribution in [0.1, 0.15) is 37.0 Å². The van der Waals surface area contributed by atoms with Crippen molar-refractivity contribution in [1.29, 1.82) is 5.26 Å². The SMILES string of the molecule is C#CCn1c(N2CCNCC2)nc2cnn(C)c(=O)c21.CC=CCn1c(N2CCNCC2)nc2cnn(C)c(=O)c21.CCC=CCn1c(N2CCNCC2)nc2cnn(C)c(=O)c21.N#Cc1ccccc1Cn1ncc2nc(N3CCNCC3)n(Cc3ccccc3)c2c1=O.O=C(O)C(F)(F)F.O=C(O)C(F)(F)F.O=C(O)C(F)(F)F.O=C(O)C(F)(F)F. The number of carboxylic acids is 4. The zero-order chi connectivity index (χ0) is 90.7. The summed E-state index contributed by atoms with van der Waals surface area (Å²) in [6.45, 7) is 20.7. The van der Waals surface area contributed by atoms with E-state index in [2.05, 4.69) is 119 Å². The van der Waals surface area contributed by atoms with Gasteiger partial charge in [-0.1, -0.05) is 85.7 Å². The van der Waals surface area contributed by atoms with Crippen LogP contribution in [0.3, 0.4) is 0 Å². The summed E-state index contributed by atoms with van der Waals surface area (Å²) in [5, 5.41) is 67.8. The molecule has 4 aliphatic heterocycles. The molecular formula is C74H85F12N25O12. The Bertz CT molecular complexity index is 5580. The largest absolute Gasteiger partial charge is 0.490 e. The van der Waals surface area contributed by atoms with Gasteiger partial charge < -0.3 is 75.0 Å². The molecule has 123 heavy (non-hydrogen) atoms. The summed E-state index contributed by atoms with van der Waals surface area (Å²) in [5.74, 6) is -5.16. The molecule has 49 heteroatoms. The summed E-state index contributed by atoms with van der Waals surface area (Å²) in [4.78, 5) is 114. The van der Waals surface area contributed by atoms with Gasteiger partial charge in [-0.25, -0.2) is 57.8 Å². The molecule has 0 spiro atoms. The quantitative estimate of drug-likeness (QED) is 0.0427. The molecule has 8 N–H and O–H groups in total. The molecular weight excluding hydrogens is 1660 g/mol. The summed E-state index contributed by atoms with van der Waals surface area (Å²) in [6, 6.07) is 19.6. The van der Waals surface area contributed by atoms with Gasteiger partial charge in [-0.2, -0.15) is 78.3 Å². The predicted molar refractivity (Wildman–Crippen MR) is 424 cm³/mol. The van der Waals surface area contributed by atoms with Crippen molar-refractivity contribution in [3.8, 4) is 18.4 Å². The maximum absolute atomic E-state index is 13.6. The Morgan fingerprint density at radius 1 is 0.447 bits per heavy atom. The number of nitriles is 1. The second-order valence-electron chi connectivity index (χ2n) is 26.4. The highest BCUT2D eigenvalue weighted by molar-refractivity contribution is 5.80. The number of carboxylic acid groups (broad SMARTS) is 4. The number of benzene rings is 2. The number of imidazole rings is 4. The number of piperazine rings is 4. The van der Waals surface area contributed by atoms with Crippen LogP contribution in [0.25, 0.3) is 44.1 Å². The van der Waals surface area contributed by atoms with E-state index in [9.17, 15) is 77.1 Å². The van der Waals surface area contributed by atoms with Crippen LogP contribution in [0.15, 0.2) is 123 Å². The smallest absolute Gasteiger partial charge is 0.475 e. The standard InChI is InChI=1S/C24H23N7O.C15H22N6O.C14H20N6O.C13H16N6O.4C2HF3O2/c25-14-19-8-4-5-9-20(19)17-31-23(32)22-21(15-27-31)28-24(29-12-10-26-11-13-29)30(22)16-18-6-2-1-3-7-18;1-3-4-5-8-21-13-12(11-17-19(2)14(13)22)18-15(21)20-9-6-16-7-10-20;1-3-4-7-20-12-11(10-16-18(2)13(12)21)17-14(20)19-8-5-15-6-9-19;1-3-6-19-11-10(9-15-17(2)12(11)20)16-13(19)18-7-4-14-5-8-18;4*3-2(4,5)1(6)7/h1-9,15,26H,10-13,16-17H2;4-5,11,16H,3,6-10H2,1-2H3;3-4,10,15H,5-9H2,1-2H3;1,9,14H,4-8H2,2H3;4*(H,6,7). The van der Waals surface area contributed by atoms with Crippen molar-refractivity contribution in [1.82, 2.24) is 98.6 Å².